The van der Waals surface area contributed by atoms with Crippen LogP contribution in [-0.4, -0.2) is 19.4 Å². The number of nitriles is 1. The summed E-state index contributed by atoms with van der Waals surface area (Å²) in [5, 5.41) is 8.66. The second-order valence-corrected chi connectivity index (χ2v) is 4.00. The third-order valence-electron chi connectivity index (χ3n) is 2.74. The molecular formula is C13H16N2O. The topological polar surface area (TPSA) is 44.1 Å². The number of nitrogens with zero attached hydrogens (tertiary/aromatic N) is 2. The molecule has 0 amide bonds. The van der Waals surface area contributed by atoms with Gasteiger partial charge in [0.15, 0.2) is 6.29 Å². The molecule has 1 unspecified atom stereocenters. The van der Waals surface area contributed by atoms with Gasteiger partial charge in [0, 0.05) is 24.3 Å². The fraction of sp³-hybridized carbons (Fsp3) is 0.385. The highest BCUT2D eigenvalue weighted by Crippen LogP contribution is 2.21. The highest BCUT2D eigenvalue weighted by Gasteiger charge is 2.12. The molecule has 0 aromatic heterocycles. The third-order valence-corrected chi connectivity index (χ3v) is 2.74. The third kappa shape index (κ3) is 2.60. The molecule has 16 heavy (non-hydrogen) atoms. The number of aldehydes is 1. The van der Waals surface area contributed by atoms with Crippen molar-refractivity contribution in [3.8, 4) is 6.07 Å². The summed E-state index contributed by atoms with van der Waals surface area (Å²) in [6.45, 7) is 3.92. The highest BCUT2D eigenvalue weighted by atomic mass is 16.1. The average Bonchev–Trinajstić information content (AvgIpc) is 2.28. The monoisotopic (exact) mass is 216 g/mol. The van der Waals surface area contributed by atoms with E-state index in [9.17, 15) is 4.79 Å². The number of anilines is 1. The number of hydrogen-bond acceptors (Lipinski definition) is 3. The maximum atomic E-state index is 11.0. The first kappa shape index (κ1) is 12.3. The van der Waals surface area contributed by atoms with Gasteiger partial charge in [-0.1, -0.05) is 11.6 Å². The van der Waals surface area contributed by atoms with Gasteiger partial charge in [0.1, 0.15) is 0 Å². The van der Waals surface area contributed by atoms with Crippen molar-refractivity contribution in [2.75, 3.05) is 11.9 Å². The van der Waals surface area contributed by atoms with Crippen LogP contribution in [0.5, 0.6) is 0 Å². The molecule has 1 aromatic carbocycles. The van der Waals surface area contributed by atoms with Crippen molar-refractivity contribution in [2.45, 2.75) is 26.3 Å². The van der Waals surface area contributed by atoms with E-state index < -0.39 is 0 Å². The highest BCUT2D eigenvalue weighted by molar-refractivity contribution is 5.85. The van der Waals surface area contributed by atoms with E-state index in [0.29, 0.717) is 12.0 Å². The lowest BCUT2D eigenvalue weighted by Crippen LogP contribution is -2.29. The maximum Gasteiger partial charge on any atom is 0.152 e. The van der Waals surface area contributed by atoms with Gasteiger partial charge in [0.25, 0.3) is 0 Å². The Labute approximate surface area is 96.3 Å². The average molecular weight is 216 g/mol. The fourth-order valence-electron chi connectivity index (χ4n) is 1.60. The van der Waals surface area contributed by atoms with Crippen LogP contribution in [0.15, 0.2) is 18.2 Å². The molecule has 0 fully saturated rings. The molecule has 3 nitrogen and oxygen atoms in total. The molecule has 0 spiro atoms. The van der Waals surface area contributed by atoms with E-state index in [-0.39, 0.29) is 6.04 Å². The van der Waals surface area contributed by atoms with Gasteiger partial charge in [-0.3, -0.25) is 4.79 Å². The molecule has 3 heteroatoms. The predicted molar refractivity (Wildman–Crippen MR) is 64.7 cm³/mol. The zero-order valence-electron chi connectivity index (χ0n) is 9.90. The van der Waals surface area contributed by atoms with Crippen LogP contribution in [0.1, 0.15) is 29.3 Å². The molecular weight excluding hydrogens is 200 g/mol. The largest absolute Gasteiger partial charge is 0.370 e. The first-order chi connectivity index (χ1) is 7.60. The minimum atomic E-state index is 0.103. The van der Waals surface area contributed by atoms with Crippen molar-refractivity contribution < 1.29 is 4.79 Å². The predicted octanol–water partition coefficient (Wildman–Crippen LogP) is 2.55. The number of carbonyl (C=O) groups is 1. The van der Waals surface area contributed by atoms with Crippen LogP contribution in [0.2, 0.25) is 0 Å². The van der Waals surface area contributed by atoms with Crippen molar-refractivity contribution in [3.05, 3.63) is 29.3 Å². The lowest BCUT2D eigenvalue weighted by atomic mass is 10.1. The molecule has 0 saturated carbocycles. The van der Waals surface area contributed by atoms with Crippen LogP contribution in [0.25, 0.3) is 0 Å². The van der Waals surface area contributed by atoms with E-state index in [1.807, 2.05) is 44.0 Å². The number of hydrogen-bond donors (Lipinski definition) is 0. The quantitative estimate of drug-likeness (QED) is 0.726. The standard InChI is InChI=1S/C13H16N2O/c1-10-4-5-13(12(8-10)9-16)15(3)11(2)6-7-14/h4-5,8-9,11H,6H2,1-3H3. The molecule has 0 saturated heterocycles. The Hall–Kier alpha value is -1.82. The smallest absolute Gasteiger partial charge is 0.152 e. The van der Waals surface area contributed by atoms with Gasteiger partial charge in [-0.25, -0.2) is 0 Å². The first-order valence-electron chi connectivity index (χ1n) is 5.25. The lowest BCUT2D eigenvalue weighted by Gasteiger charge is -2.26. The Morgan fingerprint density at radius 3 is 2.81 bits per heavy atom. The van der Waals surface area contributed by atoms with Gasteiger partial charge in [-0.2, -0.15) is 5.26 Å². The number of carbonyl (C=O) groups excluding carboxylic acids is 1. The summed E-state index contributed by atoms with van der Waals surface area (Å²) in [7, 11) is 1.90. The molecule has 0 aliphatic rings. The summed E-state index contributed by atoms with van der Waals surface area (Å²) in [4.78, 5) is 12.9. The van der Waals surface area contributed by atoms with E-state index in [0.717, 1.165) is 17.5 Å². The summed E-state index contributed by atoms with van der Waals surface area (Å²) >= 11 is 0. The molecule has 0 radical (unpaired) electrons. The Morgan fingerprint density at radius 1 is 1.56 bits per heavy atom. The van der Waals surface area contributed by atoms with Gasteiger partial charge in [-0.05, 0) is 26.0 Å². The van der Waals surface area contributed by atoms with Gasteiger partial charge in [0.2, 0.25) is 0 Å². The molecule has 0 bridgehead atoms. The Bertz CT molecular complexity index is 420. The molecule has 0 aliphatic carbocycles. The Balaban J connectivity index is 3.03. The van der Waals surface area contributed by atoms with E-state index in [1.54, 1.807) is 0 Å². The first-order valence-corrected chi connectivity index (χ1v) is 5.25. The van der Waals surface area contributed by atoms with Crippen LogP contribution >= 0.6 is 0 Å². The Morgan fingerprint density at radius 2 is 2.25 bits per heavy atom. The van der Waals surface area contributed by atoms with Gasteiger partial charge < -0.3 is 4.90 Å². The van der Waals surface area contributed by atoms with Crippen molar-refractivity contribution >= 4 is 12.0 Å². The molecule has 1 rings (SSSR count). The van der Waals surface area contributed by atoms with Crippen molar-refractivity contribution in [3.63, 3.8) is 0 Å². The molecule has 1 aromatic rings. The molecule has 84 valence electrons. The minimum Gasteiger partial charge on any atom is -0.370 e. The van der Waals surface area contributed by atoms with Gasteiger partial charge in [0.05, 0.1) is 12.5 Å². The second-order valence-electron chi connectivity index (χ2n) is 4.00. The van der Waals surface area contributed by atoms with Crippen LogP contribution < -0.4 is 4.90 Å². The van der Waals surface area contributed by atoms with Crippen LogP contribution in [-0.2, 0) is 0 Å². The van der Waals surface area contributed by atoms with Crippen molar-refractivity contribution in [2.24, 2.45) is 0 Å². The normalized spacial score (nSPS) is 11.6. The van der Waals surface area contributed by atoms with Crippen LogP contribution in [0.3, 0.4) is 0 Å². The Kier molecular flexibility index (Phi) is 4.07. The molecule has 0 heterocycles. The zero-order valence-corrected chi connectivity index (χ0v) is 9.90. The van der Waals surface area contributed by atoms with E-state index in [4.69, 9.17) is 5.26 Å². The van der Waals surface area contributed by atoms with Gasteiger partial charge >= 0.3 is 0 Å². The second kappa shape index (κ2) is 5.32. The fourth-order valence-corrected chi connectivity index (χ4v) is 1.60. The van der Waals surface area contributed by atoms with Crippen LogP contribution in [0.4, 0.5) is 5.69 Å². The molecule has 0 N–H and O–H groups in total. The summed E-state index contributed by atoms with van der Waals surface area (Å²) < 4.78 is 0. The molecule has 1 atom stereocenters. The number of benzene rings is 1. The lowest BCUT2D eigenvalue weighted by molar-refractivity contribution is 0.112. The van der Waals surface area contributed by atoms with E-state index in [2.05, 4.69) is 6.07 Å². The van der Waals surface area contributed by atoms with E-state index >= 15 is 0 Å². The summed E-state index contributed by atoms with van der Waals surface area (Å²) in [5.74, 6) is 0. The summed E-state index contributed by atoms with van der Waals surface area (Å²) in [6.07, 6.45) is 1.31. The minimum absolute atomic E-state index is 0.103. The van der Waals surface area contributed by atoms with E-state index in [1.165, 1.54) is 0 Å². The van der Waals surface area contributed by atoms with Crippen molar-refractivity contribution in [1.82, 2.24) is 0 Å². The summed E-state index contributed by atoms with van der Waals surface area (Å²) in [5.41, 5.74) is 2.61. The SMILES string of the molecule is Cc1ccc(N(C)C(C)CC#N)c(C=O)c1. The number of rotatable bonds is 4. The van der Waals surface area contributed by atoms with Crippen molar-refractivity contribution in [1.29, 1.82) is 5.26 Å². The van der Waals surface area contributed by atoms with Crippen LogP contribution in [0, 0.1) is 18.3 Å². The number of aryl methyl sites for hydroxylation is 1. The molecule has 0 aliphatic heterocycles. The summed E-state index contributed by atoms with van der Waals surface area (Å²) in [6, 6.07) is 7.99. The maximum absolute atomic E-state index is 11.0. The van der Waals surface area contributed by atoms with Gasteiger partial charge in [-0.15, -0.1) is 0 Å². The zero-order chi connectivity index (χ0) is 12.1.